The Morgan fingerprint density at radius 3 is 1.67 bits per heavy atom. The molecule has 0 aliphatic heterocycles. The molecule has 0 spiro atoms. The third kappa shape index (κ3) is 22.2. The minimum absolute atomic E-state index is 0.0130. The van der Waals surface area contributed by atoms with Crippen molar-refractivity contribution in [2.45, 2.75) is 44.3 Å². The van der Waals surface area contributed by atoms with Crippen molar-refractivity contribution < 1.29 is 81.2 Å². The maximum absolute atomic E-state index is 13.6. The van der Waals surface area contributed by atoms with Gasteiger partial charge in [0.05, 0.1) is 73.7 Å². The Kier molecular flexibility index (Phi) is 26.6. The van der Waals surface area contributed by atoms with Gasteiger partial charge in [0.1, 0.15) is 30.5 Å². The molecule has 0 bridgehead atoms. The Morgan fingerprint density at radius 2 is 1.14 bits per heavy atom. The van der Waals surface area contributed by atoms with Gasteiger partial charge in [0.2, 0.25) is 5.13 Å². The van der Waals surface area contributed by atoms with Crippen LogP contribution < -0.4 is 19.2 Å². The highest BCUT2D eigenvalue weighted by Crippen LogP contribution is 2.29. The summed E-state index contributed by atoms with van der Waals surface area (Å²) >= 11 is 1.39. The van der Waals surface area contributed by atoms with Gasteiger partial charge >= 0.3 is 35.8 Å². The average Bonchev–Trinajstić information content (AvgIpc) is 3.91. The van der Waals surface area contributed by atoms with Crippen LogP contribution in [0.5, 0.6) is 17.2 Å². The van der Waals surface area contributed by atoms with Crippen LogP contribution in [0.2, 0.25) is 0 Å². The van der Waals surface area contributed by atoms with Crippen molar-refractivity contribution >= 4 is 68.7 Å². The lowest BCUT2D eigenvalue weighted by Crippen LogP contribution is -2.29. The van der Waals surface area contributed by atoms with E-state index in [0.717, 1.165) is 34.5 Å². The topological polar surface area (TPSA) is 243 Å². The van der Waals surface area contributed by atoms with Gasteiger partial charge in [-0.2, -0.15) is 5.10 Å². The summed E-state index contributed by atoms with van der Waals surface area (Å²) in [6.07, 6.45) is 6.80. The Morgan fingerprint density at radius 1 is 0.608 bits per heavy atom. The number of fused-ring (bicyclic) bond motifs is 1. The predicted molar refractivity (Wildman–Crippen MR) is 293 cm³/mol. The summed E-state index contributed by atoms with van der Waals surface area (Å²) in [6, 6.07) is 25.1. The van der Waals surface area contributed by atoms with Gasteiger partial charge in [-0.05, 0) is 104 Å². The monoisotopic (exact) mass is 1110 g/mol. The Labute approximate surface area is 461 Å². The molecule has 2 atom stereocenters. The normalized spacial score (nSPS) is 11.6. The van der Waals surface area contributed by atoms with Crippen LogP contribution in [0.1, 0.15) is 57.5 Å². The average molecular weight is 1110 g/mol. The number of thiazole rings is 1. The molecular formula is C58H63N3O17S. The number of carbonyl (C=O) groups is 6. The molecule has 0 radical (unpaired) electrons. The third-order valence-electron chi connectivity index (χ3n) is 10.8. The van der Waals surface area contributed by atoms with Crippen molar-refractivity contribution in [2.24, 2.45) is 5.10 Å². The smallest absolute Gasteiger partial charge is 0.343 e. The molecule has 418 valence electrons. The second kappa shape index (κ2) is 34.3. The highest BCUT2D eigenvalue weighted by atomic mass is 32.1. The number of para-hydroxylation sites is 1. The van der Waals surface area contributed by atoms with E-state index in [1.165, 1.54) is 41.8 Å². The number of aromatic nitrogens is 1. The molecule has 0 fully saturated rings. The first-order valence-corrected chi connectivity index (χ1v) is 25.9. The Balaban J connectivity index is 1.20. The molecule has 0 aliphatic carbocycles. The van der Waals surface area contributed by atoms with Gasteiger partial charge in [-0.1, -0.05) is 55.9 Å². The maximum atomic E-state index is 13.6. The van der Waals surface area contributed by atoms with Crippen molar-refractivity contribution in [1.82, 2.24) is 4.98 Å². The number of rotatable bonds is 37. The fourth-order valence-corrected chi connectivity index (χ4v) is 7.72. The predicted octanol–water partition coefficient (Wildman–Crippen LogP) is 7.75. The van der Waals surface area contributed by atoms with Crippen molar-refractivity contribution in [2.75, 3.05) is 77.6 Å². The van der Waals surface area contributed by atoms with E-state index in [1.807, 2.05) is 24.3 Å². The highest BCUT2D eigenvalue weighted by Gasteiger charge is 2.19. The van der Waals surface area contributed by atoms with Crippen molar-refractivity contribution in [3.05, 3.63) is 164 Å². The number of benzene rings is 4. The van der Waals surface area contributed by atoms with Crippen molar-refractivity contribution in [3.8, 4) is 17.2 Å². The number of anilines is 1. The molecule has 0 aliphatic rings. The standard InChI is InChI=1S/C58H63N3O17S/c1-5-52(63)71-32-13-11-30-69-37-47(76-54(65)7-3)39-74-45-22-18-42(19-23-45)56(67)73-34-27-41-17-26-50(44(35-41)36-59-61(28-29-62)58-60-49-15-9-10-16-51(49)79-58)78-57(68)43-20-24-46(25-21-43)75-40-48(77-55(66)8-4)38-70-31-12-14-33-72-53(64)6-2/h5-10,15-26,35-36,47-48,62H,1-4,11-14,27-34,37-40H2/b59-36+. The lowest BCUT2D eigenvalue weighted by atomic mass is 10.1. The molecule has 5 aromatic rings. The molecule has 0 amide bonds. The first-order chi connectivity index (χ1) is 38.4. The molecule has 1 N–H and O–H groups in total. The maximum Gasteiger partial charge on any atom is 0.343 e. The summed E-state index contributed by atoms with van der Waals surface area (Å²) in [5.41, 5.74) is 2.33. The zero-order chi connectivity index (χ0) is 56.6. The summed E-state index contributed by atoms with van der Waals surface area (Å²) in [5.74, 6) is -2.66. The van der Waals surface area contributed by atoms with Crippen molar-refractivity contribution in [1.29, 1.82) is 0 Å². The molecule has 2 unspecified atom stereocenters. The van der Waals surface area contributed by atoms with Crippen LogP contribution in [0.3, 0.4) is 0 Å². The van der Waals surface area contributed by atoms with Gasteiger partial charge in [-0.15, -0.1) is 0 Å². The highest BCUT2D eigenvalue weighted by molar-refractivity contribution is 7.22. The molecule has 4 aromatic carbocycles. The fraction of sp³-hybridized carbons (Fsp3) is 0.310. The minimum Gasteiger partial charge on any atom is -0.490 e. The van der Waals surface area contributed by atoms with E-state index >= 15 is 0 Å². The Hall–Kier alpha value is -8.50. The number of aliphatic hydroxyl groups is 1. The molecule has 79 heavy (non-hydrogen) atoms. The van der Waals surface area contributed by atoms with Crippen LogP contribution in [0.4, 0.5) is 5.13 Å². The van der Waals surface area contributed by atoms with Gasteiger partial charge in [-0.25, -0.2) is 38.8 Å². The van der Waals surface area contributed by atoms with Crippen LogP contribution >= 0.6 is 11.3 Å². The SMILES string of the molecule is C=CC(=O)OCCCCOCC(COc1ccc(C(=O)OCCc2ccc(OC(=O)c3ccc(OCC(COCCCCOC(=O)C=C)OC(=O)C=C)cc3)c(/C=N/N(CCO)c3nc4ccccc4s3)c2)cc1)OC(=O)C=C. The number of hydrogen-bond donors (Lipinski definition) is 1. The van der Waals surface area contributed by atoms with E-state index in [2.05, 4.69) is 36.4 Å². The second-order valence-electron chi connectivity index (χ2n) is 16.7. The van der Waals surface area contributed by atoms with Crippen LogP contribution in [0.15, 0.2) is 147 Å². The van der Waals surface area contributed by atoms with Crippen LogP contribution in [-0.2, 0) is 58.8 Å². The van der Waals surface area contributed by atoms with E-state index in [-0.39, 0.29) is 82.7 Å². The lowest BCUT2D eigenvalue weighted by molar-refractivity contribution is -0.148. The number of hydrazone groups is 1. The molecule has 5 rings (SSSR count). The molecule has 0 saturated heterocycles. The molecule has 0 saturated carbocycles. The summed E-state index contributed by atoms with van der Waals surface area (Å²) in [4.78, 5) is 77.9. The number of carbonyl (C=O) groups excluding carboxylic acids is 6. The van der Waals surface area contributed by atoms with Crippen molar-refractivity contribution in [3.63, 3.8) is 0 Å². The molecular weight excluding hydrogens is 1040 g/mol. The number of unbranched alkanes of at least 4 members (excludes halogenated alkanes) is 2. The number of nitrogens with zero attached hydrogens (tertiary/aromatic N) is 3. The minimum atomic E-state index is -0.782. The quantitative estimate of drug-likeness (QED) is 0.00760. The number of hydrogen-bond acceptors (Lipinski definition) is 21. The van der Waals surface area contributed by atoms with Crippen LogP contribution in [-0.4, -0.2) is 137 Å². The van der Waals surface area contributed by atoms with E-state index in [9.17, 15) is 33.9 Å². The molecule has 21 heteroatoms. The van der Waals surface area contributed by atoms with Gasteiger partial charge in [-0.3, -0.25) is 0 Å². The second-order valence-corrected chi connectivity index (χ2v) is 17.7. The van der Waals surface area contributed by atoms with Crippen LogP contribution in [0, 0.1) is 0 Å². The van der Waals surface area contributed by atoms with Gasteiger partial charge in [0.25, 0.3) is 0 Å². The lowest BCUT2D eigenvalue weighted by Gasteiger charge is -2.18. The van der Waals surface area contributed by atoms with Gasteiger partial charge < -0.3 is 52.5 Å². The van der Waals surface area contributed by atoms with E-state index in [0.29, 0.717) is 66.7 Å². The summed E-state index contributed by atoms with van der Waals surface area (Å²) in [6.45, 7) is 14.5. The van der Waals surface area contributed by atoms with E-state index in [1.54, 1.807) is 47.5 Å². The molecule has 1 heterocycles. The molecule has 20 nitrogen and oxygen atoms in total. The number of ether oxygens (including phenoxy) is 10. The number of esters is 6. The third-order valence-corrected chi connectivity index (χ3v) is 11.8. The summed E-state index contributed by atoms with van der Waals surface area (Å²) in [7, 11) is 0. The first kappa shape index (κ1) is 61.4. The Bertz CT molecular complexity index is 2820. The summed E-state index contributed by atoms with van der Waals surface area (Å²) in [5, 5.41) is 16.7. The van der Waals surface area contributed by atoms with E-state index < -0.39 is 48.0 Å². The summed E-state index contributed by atoms with van der Waals surface area (Å²) < 4.78 is 56.2. The fourth-order valence-electron chi connectivity index (χ4n) is 6.77. The van der Waals surface area contributed by atoms with Crippen LogP contribution in [0.25, 0.3) is 10.2 Å². The van der Waals surface area contributed by atoms with Gasteiger partial charge in [0, 0.05) is 49.5 Å². The van der Waals surface area contributed by atoms with Gasteiger partial charge in [0.15, 0.2) is 12.2 Å². The zero-order valence-corrected chi connectivity index (χ0v) is 44.4. The van der Waals surface area contributed by atoms with E-state index in [4.69, 9.17) is 47.4 Å². The largest absolute Gasteiger partial charge is 0.490 e. The first-order valence-electron chi connectivity index (χ1n) is 25.1. The number of aliphatic hydroxyl groups excluding tert-OH is 1. The zero-order valence-electron chi connectivity index (χ0n) is 43.6. The molecule has 1 aromatic heterocycles.